The van der Waals surface area contributed by atoms with Crippen LogP contribution < -0.4 is 15.7 Å². The number of hydrogen-bond donors (Lipinski definition) is 1. The second-order valence-corrected chi connectivity index (χ2v) is 7.54. The average molecular weight is 521 g/mol. The van der Waals surface area contributed by atoms with Crippen molar-refractivity contribution in [3.8, 4) is 11.7 Å². The Bertz CT molecular complexity index is 1300. The molecule has 0 aromatic carbocycles. The Morgan fingerprint density at radius 2 is 2.03 bits per heavy atom. The molecular weight excluding hydrogens is 503 g/mol. The molecule has 3 aromatic heterocycles. The van der Waals surface area contributed by atoms with Crippen molar-refractivity contribution in [1.29, 1.82) is 0 Å². The molecule has 9 nitrogen and oxygen atoms in total. The molecule has 0 fully saturated rings. The van der Waals surface area contributed by atoms with Crippen LogP contribution in [0, 0.1) is 12.7 Å². The van der Waals surface area contributed by atoms with Crippen molar-refractivity contribution in [3.63, 3.8) is 0 Å². The zero-order chi connectivity index (χ0) is 26.1. The molecule has 15 heteroatoms. The Labute approximate surface area is 199 Å². The fourth-order valence-corrected chi connectivity index (χ4v) is 3.20. The minimum atomic E-state index is -4.87. The zero-order valence-electron chi connectivity index (χ0n) is 18.5. The van der Waals surface area contributed by atoms with E-state index in [4.69, 9.17) is 16.3 Å². The Balaban J connectivity index is 2.16. The number of carbonyl (C=O) groups excluding carboxylic acids is 1. The SMILES string of the molecule is CCn1c(CF)nn(-c2nc(O[C@@H](C)C(F)(F)F)c(C(=O)Nc3c(C)ccnc3Cl)cc2F)c1=O. The van der Waals surface area contributed by atoms with Crippen molar-refractivity contribution in [2.75, 3.05) is 5.32 Å². The highest BCUT2D eigenvalue weighted by Gasteiger charge is 2.39. The normalized spacial score (nSPS) is 12.5. The Kier molecular flexibility index (Phi) is 7.43. The van der Waals surface area contributed by atoms with Crippen molar-refractivity contribution >= 4 is 23.2 Å². The lowest BCUT2D eigenvalue weighted by molar-refractivity contribution is -0.190. The van der Waals surface area contributed by atoms with Crippen LogP contribution in [0.5, 0.6) is 5.88 Å². The first-order valence-corrected chi connectivity index (χ1v) is 10.4. The molecule has 0 saturated heterocycles. The number of halogens is 6. The molecule has 0 aliphatic heterocycles. The lowest BCUT2D eigenvalue weighted by Gasteiger charge is -2.19. The van der Waals surface area contributed by atoms with E-state index in [0.29, 0.717) is 23.2 Å². The van der Waals surface area contributed by atoms with Gasteiger partial charge in [0.05, 0.1) is 5.69 Å². The molecular formula is C20H18ClF5N6O3. The van der Waals surface area contributed by atoms with E-state index in [-0.39, 0.29) is 23.2 Å². The molecule has 35 heavy (non-hydrogen) atoms. The number of ether oxygens (including phenoxy) is 1. The molecule has 0 spiro atoms. The van der Waals surface area contributed by atoms with E-state index in [2.05, 4.69) is 20.4 Å². The van der Waals surface area contributed by atoms with Gasteiger partial charge in [-0.25, -0.2) is 18.6 Å². The Hall–Kier alpha value is -3.55. The predicted molar refractivity (Wildman–Crippen MR) is 114 cm³/mol. The summed E-state index contributed by atoms with van der Waals surface area (Å²) in [7, 11) is 0. The molecule has 1 atom stereocenters. The third-order valence-corrected chi connectivity index (χ3v) is 5.13. The molecule has 0 bridgehead atoms. The van der Waals surface area contributed by atoms with Crippen LogP contribution in [0.4, 0.5) is 27.6 Å². The van der Waals surface area contributed by atoms with Gasteiger partial charge >= 0.3 is 11.9 Å². The predicted octanol–water partition coefficient (Wildman–Crippen LogP) is 4.00. The largest absolute Gasteiger partial charge is 0.464 e. The molecule has 3 rings (SSSR count). The molecule has 0 aliphatic carbocycles. The van der Waals surface area contributed by atoms with Gasteiger partial charge in [-0.1, -0.05) is 11.6 Å². The third kappa shape index (κ3) is 5.26. The number of carbonyl (C=O) groups is 1. The van der Waals surface area contributed by atoms with E-state index >= 15 is 4.39 Å². The van der Waals surface area contributed by atoms with E-state index in [1.807, 2.05) is 0 Å². The monoisotopic (exact) mass is 520 g/mol. The molecule has 0 aliphatic rings. The lowest BCUT2D eigenvalue weighted by Crippen LogP contribution is -2.33. The number of nitrogens with zero attached hydrogens (tertiary/aromatic N) is 5. The summed E-state index contributed by atoms with van der Waals surface area (Å²) < 4.78 is 73.9. The quantitative estimate of drug-likeness (QED) is 0.373. The first-order chi connectivity index (χ1) is 16.4. The molecule has 0 unspecified atom stereocenters. The van der Waals surface area contributed by atoms with Gasteiger partial charge in [0, 0.05) is 12.7 Å². The van der Waals surface area contributed by atoms with Gasteiger partial charge in [-0.2, -0.15) is 22.8 Å². The highest BCUT2D eigenvalue weighted by Crippen LogP contribution is 2.30. The van der Waals surface area contributed by atoms with Crippen LogP contribution in [0.25, 0.3) is 5.82 Å². The molecule has 188 valence electrons. The van der Waals surface area contributed by atoms with Gasteiger partial charge in [0.1, 0.15) is 12.2 Å². The Morgan fingerprint density at radius 1 is 1.34 bits per heavy atom. The summed E-state index contributed by atoms with van der Waals surface area (Å²) in [6.07, 6.45) is -5.97. The standard InChI is InChI=1S/C20H18ClF5N6O3/c1-4-31-13(8-22)30-32(19(31)34)16-12(23)7-11(18(29-16)35-10(3)20(24,25)26)17(33)28-14-9(2)5-6-27-15(14)21/h5-7,10H,4,8H2,1-3H3,(H,28,33)/t10-/m0/s1. The van der Waals surface area contributed by atoms with Crippen molar-refractivity contribution < 1.29 is 31.5 Å². The van der Waals surface area contributed by atoms with Crippen LogP contribution in [-0.4, -0.2) is 42.5 Å². The van der Waals surface area contributed by atoms with Crippen molar-refractivity contribution in [3.05, 3.63) is 56.7 Å². The highest BCUT2D eigenvalue weighted by molar-refractivity contribution is 6.32. The number of aromatic nitrogens is 5. The lowest BCUT2D eigenvalue weighted by atomic mass is 10.2. The van der Waals surface area contributed by atoms with Gasteiger partial charge in [-0.05, 0) is 38.5 Å². The van der Waals surface area contributed by atoms with Crippen molar-refractivity contribution in [1.82, 2.24) is 24.3 Å². The van der Waals surface area contributed by atoms with Crippen LogP contribution in [0.2, 0.25) is 5.15 Å². The van der Waals surface area contributed by atoms with Gasteiger partial charge in [0.2, 0.25) is 5.88 Å². The molecule has 1 amide bonds. The van der Waals surface area contributed by atoms with Gasteiger partial charge < -0.3 is 10.1 Å². The van der Waals surface area contributed by atoms with Crippen LogP contribution in [0.1, 0.15) is 35.6 Å². The maximum atomic E-state index is 15.0. The van der Waals surface area contributed by atoms with E-state index in [9.17, 15) is 27.2 Å². The fourth-order valence-electron chi connectivity index (χ4n) is 2.95. The van der Waals surface area contributed by atoms with E-state index in [1.54, 1.807) is 6.92 Å². The molecule has 3 heterocycles. The summed E-state index contributed by atoms with van der Waals surface area (Å²) >= 11 is 5.97. The topological polar surface area (TPSA) is 104 Å². The number of anilines is 1. The minimum Gasteiger partial charge on any atom is -0.464 e. The summed E-state index contributed by atoms with van der Waals surface area (Å²) in [5.74, 6) is -4.59. The maximum absolute atomic E-state index is 15.0. The number of nitrogens with one attached hydrogen (secondary N) is 1. The van der Waals surface area contributed by atoms with Crippen LogP contribution >= 0.6 is 11.6 Å². The smallest absolute Gasteiger partial charge is 0.425 e. The highest BCUT2D eigenvalue weighted by atomic mass is 35.5. The number of aryl methyl sites for hydroxylation is 1. The van der Waals surface area contributed by atoms with E-state index in [1.165, 1.54) is 19.2 Å². The van der Waals surface area contributed by atoms with Crippen LogP contribution in [-0.2, 0) is 13.2 Å². The first-order valence-electron chi connectivity index (χ1n) is 10.00. The molecule has 0 radical (unpaired) electrons. The molecule has 0 saturated carbocycles. The van der Waals surface area contributed by atoms with Crippen molar-refractivity contribution in [2.24, 2.45) is 0 Å². The summed E-state index contributed by atoms with van der Waals surface area (Å²) in [5.41, 5.74) is -1.22. The zero-order valence-corrected chi connectivity index (χ0v) is 19.2. The average Bonchev–Trinajstić information content (AvgIpc) is 3.11. The number of hydrogen-bond acceptors (Lipinski definition) is 6. The van der Waals surface area contributed by atoms with Crippen molar-refractivity contribution in [2.45, 2.75) is 46.3 Å². The van der Waals surface area contributed by atoms with Gasteiger partial charge in [-0.3, -0.25) is 9.36 Å². The van der Waals surface area contributed by atoms with Gasteiger partial charge in [0.15, 0.2) is 28.7 Å². The second kappa shape index (κ2) is 9.98. The summed E-state index contributed by atoms with van der Waals surface area (Å²) in [4.78, 5) is 32.9. The molecule has 3 aromatic rings. The van der Waals surface area contributed by atoms with Crippen LogP contribution in [0.3, 0.4) is 0 Å². The third-order valence-electron chi connectivity index (χ3n) is 4.84. The minimum absolute atomic E-state index is 0.0140. The summed E-state index contributed by atoms with van der Waals surface area (Å²) in [6, 6.07) is 2.04. The second-order valence-electron chi connectivity index (χ2n) is 7.18. The number of pyridine rings is 2. The summed E-state index contributed by atoms with van der Waals surface area (Å²) in [6.45, 7) is 2.55. The Morgan fingerprint density at radius 3 is 2.57 bits per heavy atom. The maximum Gasteiger partial charge on any atom is 0.425 e. The fraction of sp³-hybridized carbons (Fsp3) is 0.350. The van der Waals surface area contributed by atoms with E-state index < -0.39 is 53.6 Å². The van der Waals surface area contributed by atoms with Crippen LogP contribution in [0.15, 0.2) is 23.1 Å². The first kappa shape index (κ1) is 26.1. The number of rotatable bonds is 7. The summed E-state index contributed by atoms with van der Waals surface area (Å²) in [5, 5.41) is 5.87. The van der Waals surface area contributed by atoms with Gasteiger partial charge in [-0.15, -0.1) is 5.10 Å². The number of amides is 1. The molecule has 1 N–H and O–H groups in total. The number of alkyl halides is 4. The van der Waals surface area contributed by atoms with Gasteiger partial charge in [0.25, 0.3) is 5.91 Å². The van der Waals surface area contributed by atoms with E-state index in [0.717, 1.165) is 4.57 Å².